The van der Waals surface area contributed by atoms with Crippen molar-refractivity contribution in [2.75, 3.05) is 13.1 Å². The maximum absolute atomic E-state index is 13.2. The van der Waals surface area contributed by atoms with Crippen molar-refractivity contribution < 1.29 is 8.42 Å². The molecule has 0 spiro atoms. The molecular formula is C20H23NO2S. The van der Waals surface area contributed by atoms with Gasteiger partial charge in [0.05, 0.1) is 9.80 Å². The van der Waals surface area contributed by atoms with E-state index in [4.69, 9.17) is 0 Å². The Hall–Kier alpha value is -2.07. The lowest BCUT2D eigenvalue weighted by Crippen LogP contribution is -2.15. The topological polar surface area (TPSA) is 37.4 Å². The van der Waals surface area contributed by atoms with Gasteiger partial charge in [-0.15, -0.1) is 0 Å². The number of hydrogen-bond acceptors (Lipinski definition) is 3. The molecule has 0 radical (unpaired) electrons. The van der Waals surface area contributed by atoms with Crippen molar-refractivity contribution in [3.8, 4) is 0 Å². The molecule has 1 heterocycles. The van der Waals surface area contributed by atoms with E-state index in [0.717, 1.165) is 42.6 Å². The van der Waals surface area contributed by atoms with Crippen molar-refractivity contribution in [1.29, 1.82) is 0 Å². The minimum absolute atomic E-state index is 0.346. The highest BCUT2D eigenvalue weighted by molar-refractivity contribution is 8.00. The van der Waals surface area contributed by atoms with Crippen molar-refractivity contribution >= 4 is 14.7 Å². The molecule has 0 aliphatic carbocycles. The van der Waals surface area contributed by atoms with E-state index in [1.807, 2.05) is 56.4 Å². The average Bonchev–Trinajstić information content (AvgIpc) is 3.07. The van der Waals surface area contributed by atoms with Crippen molar-refractivity contribution in [1.82, 2.24) is 4.90 Å². The third-order valence-corrected chi connectivity index (χ3v) is 6.21. The quantitative estimate of drug-likeness (QED) is 0.837. The summed E-state index contributed by atoms with van der Waals surface area (Å²) < 4.78 is 26.4. The summed E-state index contributed by atoms with van der Waals surface area (Å²) in [6, 6.07) is 14.8. The molecule has 2 aromatic rings. The second-order valence-electron chi connectivity index (χ2n) is 6.42. The Bertz CT molecular complexity index is 828. The number of rotatable bonds is 4. The molecule has 126 valence electrons. The monoisotopic (exact) mass is 341 g/mol. The van der Waals surface area contributed by atoms with E-state index >= 15 is 0 Å². The lowest BCUT2D eigenvalue weighted by atomic mass is 10.1. The summed E-state index contributed by atoms with van der Waals surface area (Å²) in [5.41, 5.74) is 2.91. The van der Waals surface area contributed by atoms with Crippen molar-refractivity contribution in [2.24, 2.45) is 0 Å². The standard InChI is InChI=1S/C20H23NO2S/c1-16-5-9-18(10-6-16)20(15-21-13-3-4-14-21)24(22,23)19-11-7-17(2)8-12-19/h5-12,15H,3-4,13-14H2,1-2H3. The highest BCUT2D eigenvalue weighted by Crippen LogP contribution is 2.29. The zero-order chi connectivity index (χ0) is 17.2. The summed E-state index contributed by atoms with van der Waals surface area (Å²) in [4.78, 5) is 2.84. The largest absolute Gasteiger partial charge is 0.376 e. The van der Waals surface area contributed by atoms with Crippen LogP contribution >= 0.6 is 0 Å². The smallest absolute Gasteiger partial charge is 0.208 e. The van der Waals surface area contributed by atoms with E-state index in [9.17, 15) is 8.42 Å². The molecule has 24 heavy (non-hydrogen) atoms. The lowest BCUT2D eigenvalue weighted by Gasteiger charge is -2.16. The fraction of sp³-hybridized carbons (Fsp3) is 0.300. The molecule has 4 heteroatoms. The summed E-state index contributed by atoms with van der Waals surface area (Å²) in [6.45, 7) is 5.79. The summed E-state index contributed by atoms with van der Waals surface area (Å²) in [7, 11) is -3.55. The Morgan fingerprint density at radius 1 is 0.875 bits per heavy atom. The number of sulfone groups is 1. The third-order valence-electron chi connectivity index (χ3n) is 4.40. The van der Waals surface area contributed by atoms with Gasteiger partial charge < -0.3 is 4.90 Å². The molecule has 1 aliphatic heterocycles. The fourth-order valence-electron chi connectivity index (χ4n) is 2.90. The molecule has 3 rings (SSSR count). The van der Waals surface area contributed by atoms with E-state index in [0.29, 0.717) is 9.80 Å². The molecule has 2 aromatic carbocycles. The van der Waals surface area contributed by atoms with Crippen LogP contribution in [0.5, 0.6) is 0 Å². The van der Waals surface area contributed by atoms with Crippen LogP contribution < -0.4 is 0 Å². The van der Waals surface area contributed by atoms with Crippen LogP contribution in [0, 0.1) is 13.8 Å². The summed E-state index contributed by atoms with van der Waals surface area (Å²) in [6.07, 6.45) is 4.05. The lowest BCUT2D eigenvalue weighted by molar-refractivity contribution is 0.470. The van der Waals surface area contributed by atoms with Crippen LogP contribution in [0.3, 0.4) is 0 Å². The second kappa shape index (κ2) is 6.81. The van der Waals surface area contributed by atoms with Gasteiger partial charge in [0.25, 0.3) is 0 Å². The van der Waals surface area contributed by atoms with E-state index in [1.165, 1.54) is 0 Å². The van der Waals surface area contributed by atoms with Crippen molar-refractivity contribution in [3.05, 3.63) is 71.4 Å². The normalized spacial score (nSPS) is 15.8. The van der Waals surface area contributed by atoms with Crippen LogP contribution in [0.25, 0.3) is 4.91 Å². The molecule has 3 nitrogen and oxygen atoms in total. The number of aryl methyl sites for hydroxylation is 2. The Kier molecular flexibility index (Phi) is 4.76. The zero-order valence-corrected chi connectivity index (χ0v) is 15.0. The van der Waals surface area contributed by atoms with Crippen LogP contribution in [0.1, 0.15) is 29.5 Å². The average molecular weight is 341 g/mol. The van der Waals surface area contributed by atoms with E-state index in [2.05, 4.69) is 4.90 Å². The Morgan fingerprint density at radius 2 is 1.38 bits per heavy atom. The summed E-state index contributed by atoms with van der Waals surface area (Å²) >= 11 is 0. The summed E-state index contributed by atoms with van der Waals surface area (Å²) in [5.74, 6) is 0. The van der Waals surface area contributed by atoms with Gasteiger partial charge in [-0.05, 0) is 44.4 Å². The molecule has 0 amide bonds. The molecule has 1 aliphatic rings. The van der Waals surface area contributed by atoms with Gasteiger partial charge in [0.2, 0.25) is 9.84 Å². The fourth-order valence-corrected chi connectivity index (χ4v) is 4.38. The maximum atomic E-state index is 13.2. The number of hydrogen-bond donors (Lipinski definition) is 0. The molecule has 0 aromatic heterocycles. The first-order chi connectivity index (χ1) is 11.5. The van der Waals surface area contributed by atoms with Crippen molar-refractivity contribution in [2.45, 2.75) is 31.6 Å². The molecule has 0 bridgehead atoms. The number of benzene rings is 2. The number of likely N-dealkylation sites (tertiary alicyclic amines) is 1. The van der Waals surface area contributed by atoms with E-state index in [1.54, 1.807) is 12.1 Å². The second-order valence-corrected chi connectivity index (χ2v) is 8.34. The SMILES string of the molecule is Cc1ccc(C(=CN2CCCC2)S(=O)(=O)c2ccc(C)cc2)cc1. The third kappa shape index (κ3) is 3.54. The minimum Gasteiger partial charge on any atom is -0.376 e. The molecule has 1 fully saturated rings. The van der Waals surface area contributed by atoms with E-state index in [-0.39, 0.29) is 0 Å². The van der Waals surface area contributed by atoms with Gasteiger partial charge in [-0.1, -0.05) is 47.5 Å². The van der Waals surface area contributed by atoms with Gasteiger partial charge >= 0.3 is 0 Å². The van der Waals surface area contributed by atoms with Gasteiger partial charge in [-0.25, -0.2) is 8.42 Å². The van der Waals surface area contributed by atoms with Crippen LogP contribution in [0.15, 0.2) is 59.6 Å². The first-order valence-electron chi connectivity index (χ1n) is 8.31. The Balaban J connectivity index is 2.09. The highest BCUT2D eigenvalue weighted by atomic mass is 32.2. The van der Waals surface area contributed by atoms with Crippen LogP contribution in [-0.2, 0) is 9.84 Å². The molecule has 0 N–H and O–H groups in total. The van der Waals surface area contributed by atoms with Crippen molar-refractivity contribution in [3.63, 3.8) is 0 Å². The molecule has 0 atom stereocenters. The van der Waals surface area contributed by atoms with Gasteiger partial charge in [0.1, 0.15) is 0 Å². The molecule has 0 saturated carbocycles. The zero-order valence-electron chi connectivity index (χ0n) is 14.2. The minimum atomic E-state index is -3.55. The Morgan fingerprint density at radius 3 is 1.92 bits per heavy atom. The van der Waals surface area contributed by atoms with E-state index < -0.39 is 9.84 Å². The van der Waals surface area contributed by atoms with Gasteiger partial charge in [0, 0.05) is 19.3 Å². The van der Waals surface area contributed by atoms with Crippen LogP contribution in [0.2, 0.25) is 0 Å². The predicted molar refractivity (Wildman–Crippen MR) is 98.3 cm³/mol. The first kappa shape index (κ1) is 16.8. The highest BCUT2D eigenvalue weighted by Gasteiger charge is 2.24. The summed E-state index contributed by atoms with van der Waals surface area (Å²) in [5, 5.41) is 0. The van der Waals surface area contributed by atoms with Crippen LogP contribution in [-0.4, -0.2) is 26.4 Å². The van der Waals surface area contributed by atoms with Crippen LogP contribution in [0.4, 0.5) is 0 Å². The van der Waals surface area contributed by atoms with Gasteiger partial charge in [-0.2, -0.15) is 0 Å². The van der Waals surface area contributed by atoms with Gasteiger partial charge in [0.15, 0.2) is 0 Å². The molecular weight excluding hydrogens is 318 g/mol. The predicted octanol–water partition coefficient (Wildman–Crippen LogP) is 4.17. The Labute approximate surface area is 144 Å². The molecule has 1 saturated heterocycles. The molecule has 0 unspecified atom stereocenters. The first-order valence-corrected chi connectivity index (χ1v) is 9.80. The maximum Gasteiger partial charge on any atom is 0.208 e. The van der Waals surface area contributed by atoms with Gasteiger partial charge in [-0.3, -0.25) is 0 Å². The number of nitrogens with zero attached hydrogens (tertiary/aromatic N) is 1.